The van der Waals surface area contributed by atoms with Crippen molar-refractivity contribution < 1.29 is 5.11 Å². The molecule has 1 aliphatic rings. The Balaban J connectivity index is 2.15. The van der Waals surface area contributed by atoms with Crippen LogP contribution >= 0.6 is 15.9 Å². The second-order valence-corrected chi connectivity index (χ2v) is 4.88. The predicted molar refractivity (Wildman–Crippen MR) is 58.9 cm³/mol. The van der Waals surface area contributed by atoms with Crippen LogP contribution < -0.4 is 5.32 Å². The van der Waals surface area contributed by atoms with E-state index in [9.17, 15) is 5.11 Å². The summed E-state index contributed by atoms with van der Waals surface area (Å²) < 4.78 is 0.970. The van der Waals surface area contributed by atoms with Gasteiger partial charge in [0.15, 0.2) is 0 Å². The molecule has 2 N–H and O–H groups in total. The molecule has 76 valence electrons. The average molecular weight is 248 g/mol. The van der Waals surface area contributed by atoms with Gasteiger partial charge in [0.2, 0.25) is 0 Å². The highest BCUT2D eigenvalue weighted by molar-refractivity contribution is 9.11. The average Bonchev–Trinajstić information content (AvgIpc) is 2.08. The first-order chi connectivity index (χ1) is 6.20. The molecule has 1 fully saturated rings. The van der Waals surface area contributed by atoms with E-state index in [2.05, 4.69) is 27.8 Å². The van der Waals surface area contributed by atoms with Gasteiger partial charge < -0.3 is 10.4 Å². The van der Waals surface area contributed by atoms with Crippen molar-refractivity contribution in [1.29, 1.82) is 0 Å². The molecular formula is C10H18BrNO. The van der Waals surface area contributed by atoms with E-state index in [1.165, 1.54) is 12.8 Å². The molecule has 0 radical (unpaired) electrons. The molecule has 3 heteroatoms. The third-order valence-corrected chi connectivity index (χ3v) is 2.87. The van der Waals surface area contributed by atoms with Crippen molar-refractivity contribution in [2.24, 2.45) is 5.92 Å². The van der Waals surface area contributed by atoms with Crippen LogP contribution in [0.2, 0.25) is 0 Å². The Hall–Kier alpha value is 0.140. The van der Waals surface area contributed by atoms with E-state index >= 15 is 0 Å². The van der Waals surface area contributed by atoms with Gasteiger partial charge in [-0.1, -0.05) is 35.4 Å². The Labute approximate surface area is 88.5 Å². The van der Waals surface area contributed by atoms with E-state index in [1.807, 2.05) is 0 Å². The number of hydrogen-bond donors (Lipinski definition) is 2. The summed E-state index contributed by atoms with van der Waals surface area (Å²) in [5.74, 6) is 0.445. The first-order valence-corrected chi connectivity index (χ1v) is 5.71. The van der Waals surface area contributed by atoms with E-state index in [0.29, 0.717) is 5.92 Å². The first-order valence-electron chi connectivity index (χ1n) is 4.92. The van der Waals surface area contributed by atoms with Crippen LogP contribution in [-0.4, -0.2) is 24.3 Å². The van der Waals surface area contributed by atoms with Crippen molar-refractivity contribution in [2.75, 3.05) is 13.1 Å². The fourth-order valence-corrected chi connectivity index (χ4v) is 2.02. The lowest BCUT2D eigenvalue weighted by Crippen LogP contribution is -2.34. The lowest BCUT2D eigenvalue weighted by molar-refractivity contribution is 0.0702. The smallest absolute Gasteiger partial charge is 0.0580 e. The molecule has 0 spiro atoms. The summed E-state index contributed by atoms with van der Waals surface area (Å²) >= 11 is 3.30. The molecule has 0 amide bonds. The second-order valence-electron chi connectivity index (χ2n) is 3.76. The number of nitrogens with one attached hydrogen (secondary N) is 1. The van der Waals surface area contributed by atoms with E-state index in [-0.39, 0.29) is 6.10 Å². The maximum Gasteiger partial charge on any atom is 0.0580 e. The number of halogens is 1. The largest absolute Gasteiger partial charge is 0.393 e. The topological polar surface area (TPSA) is 32.3 Å². The molecule has 2 nitrogen and oxygen atoms in total. The first kappa shape index (κ1) is 11.2. The zero-order valence-electron chi connectivity index (χ0n) is 7.93. The van der Waals surface area contributed by atoms with Gasteiger partial charge in [-0.15, -0.1) is 0 Å². The summed E-state index contributed by atoms with van der Waals surface area (Å²) in [6.07, 6.45) is 4.48. The Kier molecular flexibility index (Phi) is 4.99. The van der Waals surface area contributed by atoms with Gasteiger partial charge in [-0.25, -0.2) is 0 Å². The van der Waals surface area contributed by atoms with Crippen LogP contribution in [-0.2, 0) is 0 Å². The summed E-state index contributed by atoms with van der Waals surface area (Å²) in [4.78, 5) is 0. The molecule has 0 saturated heterocycles. The quantitative estimate of drug-likeness (QED) is 0.797. The normalized spacial score (nSPS) is 28.8. The van der Waals surface area contributed by atoms with E-state index in [0.717, 1.165) is 30.4 Å². The molecule has 1 saturated carbocycles. The third kappa shape index (κ3) is 4.25. The van der Waals surface area contributed by atoms with Crippen molar-refractivity contribution in [3.8, 4) is 0 Å². The molecule has 0 aromatic heterocycles. The summed E-state index contributed by atoms with van der Waals surface area (Å²) in [6.45, 7) is 5.45. The molecule has 0 aromatic rings. The molecule has 0 heterocycles. The SMILES string of the molecule is C=C(Br)CNCC1CCCCC1O. The Morgan fingerprint density at radius 2 is 2.15 bits per heavy atom. The van der Waals surface area contributed by atoms with Crippen LogP contribution in [0.15, 0.2) is 11.1 Å². The van der Waals surface area contributed by atoms with Crippen molar-refractivity contribution in [3.05, 3.63) is 11.1 Å². The van der Waals surface area contributed by atoms with Gasteiger partial charge in [0, 0.05) is 17.6 Å². The van der Waals surface area contributed by atoms with E-state index < -0.39 is 0 Å². The zero-order chi connectivity index (χ0) is 9.68. The van der Waals surface area contributed by atoms with Gasteiger partial charge in [0.05, 0.1) is 6.10 Å². The molecule has 0 aromatic carbocycles. The highest BCUT2D eigenvalue weighted by Crippen LogP contribution is 2.23. The van der Waals surface area contributed by atoms with Gasteiger partial charge in [-0.2, -0.15) is 0 Å². The highest BCUT2D eigenvalue weighted by Gasteiger charge is 2.22. The number of hydrogen-bond acceptors (Lipinski definition) is 2. The number of aliphatic hydroxyl groups excluding tert-OH is 1. The fourth-order valence-electron chi connectivity index (χ4n) is 1.82. The van der Waals surface area contributed by atoms with Crippen LogP contribution in [0.4, 0.5) is 0 Å². The minimum Gasteiger partial charge on any atom is -0.393 e. The number of aliphatic hydroxyl groups is 1. The van der Waals surface area contributed by atoms with Gasteiger partial charge >= 0.3 is 0 Å². The maximum absolute atomic E-state index is 9.66. The molecular weight excluding hydrogens is 230 g/mol. The Morgan fingerprint density at radius 1 is 1.46 bits per heavy atom. The van der Waals surface area contributed by atoms with Crippen molar-refractivity contribution in [2.45, 2.75) is 31.8 Å². The van der Waals surface area contributed by atoms with Crippen molar-refractivity contribution in [3.63, 3.8) is 0 Å². The van der Waals surface area contributed by atoms with Gasteiger partial charge in [0.1, 0.15) is 0 Å². The number of rotatable bonds is 4. The highest BCUT2D eigenvalue weighted by atomic mass is 79.9. The maximum atomic E-state index is 9.66. The van der Waals surface area contributed by atoms with Crippen molar-refractivity contribution in [1.82, 2.24) is 5.32 Å². The predicted octanol–water partition coefficient (Wildman–Crippen LogP) is 2.04. The minimum absolute atomic E-state index is 0.0927. The molecule has 1 aliphatic carbocycles. The Bertz CT molecular complexity index is 172. The third-order valence-electron chi connectivity index (χ3n) is 2.59. The summed E-state index contributed by atoms with van der Waals surface area (Å²) in [7, 11) is 0. The molecule has 2 atom stereocenters. The molecule has 0 bridgehead atoms. The molecule has 0 aliphatic heterocycles. The van der Waals surface area contributed by atoms with Crippen LogP contribution in [0.25, 0.3) is 0 Å². The van der Waals surface area contributed by atoms with Crippen LogP contribution in [0.1, 0.15) is 25.7 Å². The summed E-state index contributed by atoms with van der Waals surface area (Å²) in [6, 6.07) is 0. The fraction of sp³-hybridized carbons (Fsp3) is 0.800. The van der Waals surface area contributed by atoms with Crippen LogP contribution in [0, 0.1) is 5.92 Å². The Morgan fingerprint density at radius 3 is 2.77 bits per heavy atom. The lowest BCUT2D eigenvalue weighted by atomic mass is 9.86. The van der Waals surface area contributed by atoms with Crippen molar-refractivity contribution >= 4 is 15.9 Å². The van der Waals surface area contributed by atoms with E-state index in [4.69, 9.17) is 0 Å². The van der Waals surface area contributed by atoms with Crippen LogP contribution in [0.5, 0.6) is 0 Å². The summed E-state index contributed by atoms with van der Waals surface area (Å²) in [5.41, 5.74) is 0. The zero-order valence-corrected chi connectivity index (χ0v) is 9.52. The van der Waals surface area contributed by atoms with Gasteiger partial charge in [-0.05, 0) is 18.8 Å². The molecule has 2 unspecified atom stereocenters. The molecule has 1 rings (SSSR count). The second kappa shape index (κ2) is 5.78. The van der Waals surface area contributed by atoms with Crippen LogP contribution in [0.3, 0.4) is 0 Å². The minimum atomic E-state index is -0.0927. The molecule has 13 heavy (non-hydrogen) atoms. The van der Waals surface area contributed by atoms with E-state index in [1.54, 1.807) is 0 Å². The summed E-state index contributed by atoms with van der Waals surface area (Å²) in [5, 5.41) is 12.9. The lowest BCUT2D eigenvalue weighted by Gasteiger charge is -2.27. The van der Waals surface area contributed by atoms with Gasteiger partial charge in [0.25, 0.3) is 0 Å². The standard InChI is InChI=1S/C10H18BrNO/c1-8(11)6-12-7-9-4-2-3-5-10(9)13/h9-10,12-13H,1-7H2. The van der Waals surface area contributed by atoms with Gasteiger partial charge in [-0.3, -0.25) is 0 Å². The monoisotopic (exact) mass is 247 g/mol.